The van der Waals surface area contributed by atoms with Gasteiger partial charge in [0.25, 0.3) is 5.22 Å². The van der Waals surface area contributed by atoms with Crippen molar-refractivity contribution in [1.29, 1.82) is 0 Å². The fourth-order valence-electron chi connectivity index (χ4n) is 2.73. The van der Waals surface area contributed by atoms with Crippen molar-refractivity contribution in [1.82, 2.24) is 10.2 Å². The highest BCUT2D eigenvalue weighted by Crippen LogP contribution is 2.34. The number of ether oxygens (including phenoxy) is 1. The highest BCUT2D eigenvalue weighted by Gasteiger charge is 2.34. The van der Waals surface area contributed by atoms with E-state index in [2.05, 4.69) is 10.2 Å². The minimum Gasteiger partial charge on any atom is -0.493 e. The van der Waals surface area contributed by atoms with Crippen LogP contribution < -0.4 is 4.74 Å². The Hall–Kier alpha value is -2.55. The first-order valence-electron chi connectivity index (χ1n) is 7.98. The van der Waals surface area contributed by atoms with E-state index in [1.54, 1.807) is 0 Å². The van der Waals surface area contributed by atoms with Gasteiger partial charge in [0.05, 0.1) is 12.2 Å². The Kier molecular flexibility index (Phi) is 4.55. The highest BCUT2D eigenvalue weighted by atomic mass is 32.2. The molecule has 1 aromatic heterocycles. The summed E-state index contributed by atoms with van der Waals surface area (Å²) in [6.07, 6.45) is -3.93. The molecule has 0 aliphatic carbocycles. The third-order valence-electron chi connectivity index (χ3n) is 4.04. The average molecular weight is 396 g/mol. The van der Waals surface area contributed by atoms with Gasteiger partial charge in [-0.05, 0) is 41.5 Å². The van der Waals surface area contributed by atoms with E-state index in [0.717, 1.165) is 47.2 Å². The predicted molar refractivity (Wildman–Crippen MR) is 89.9 cm³/mol. The number of thioether (sulfide) groups is 1. The Labute approximate surface area is 155 Å². The molecule has 0 saturated heterocycles. The standard InChI is InChI=1S/C18H12F4N2O2S/c19-14-3-1-10(7-13(14)18(20,21)22)9-27-17-24-23-16(26-17)12-2-4-15-11(8-12)5-6-25-15/h1-4,7-8H,5-6,9H2. The van der Waals surface area contributed by atoms with Crippen LogP contribution in [-0.4, -0.2) is 16.8 Å². The average Bonchev–Trinajstić information content (AvgIpc) is 3.28. The molecule has 9 heteroatoms. The van der Waals surface area contributed by atoms with Crippen molar-refractivity contribution in [2.24, 2.45) is 0 Å². The molecule has 27 heavy (non-hydrogen) atoms. The molecule has 140 valence electrons. The lowest BCUT2D eigenvalue weighted by Crippen LogP contribution is -2.08. The van der Waals surface area contributed by atoms with Crippen molar-refractivity contribution in [3.8, 4) is 17.2 Å². The lowest BCUT2D eigenvalue weighted by atomic mass is 10.1. The summed E-state index contributed by atoms with van der Waals surface area (Å²) in [6.45, 7) is 0.640. The van der Waals surface area contributed by atoms with Gasteiger partial charge in [-0.2, -0.15) is 13.2 Å². The third kappa shape index (κ3) is 3.78. The SMILES string of the molecule is Fc1ccc(CSc2nnc(-c3ccc4c(c3)CCO4)o2)cc1C(F)(F)F. The molecule has 0 fully saturated rings. The summed E-state index contributed by atoms with van der Waals surface area (Å²) in [5.74, 6) is 0.00656. The number of rotatable bonds is 4. The molecule has 4 nitrogen and oxygen atoms in total. The smallest absolute Gasteiger partial charge is 0.419 e. The maximum absolute atomic E-state index is 13.3. The van der Waals surface area contributed by atoms with E-state index in [1.807, 2.05) is 18.2 Å². The first kappa shape index (κ1) is 17.8. The quantitative estimate of drug-likeness (QED) is 0.452. The van der Waals surface area contributed by atoms with Crippen LogP contribution in [-0.2, 0) is 18.3 Å². The molecule has 0 amide bonds. The molecule has 0 bridgehead atoms. The van der Waals surface area contributed by atoms with E-state index in [9.17, 15) is 17.6 Å². The predicted octanol–water partition coefficient (Wildman–Crippen LogP) is 5.12. The van der Waals surface area contributed by atoms with Crippen molar-refractivity contribution in [2.75, 3.05) is 6.61 Å². The molecule has 0 saturated carbocycles. The van der Waals surface area contributed by atoms with Crippen molar-refractivity contribution < 1.29 is 26.7 Å². The number of alkyl halides is 3. The van der Waals surface area contributed by atoms with Crippen molar-refractivity contribution in [3.05, 3.63) is 58.9 Å². The summed E-state index contributed by atoms with van der Waals surface area (Å²) in [7, 11) is 0. The normalized spacial score (nSPS) is 13.5. The Morgan fingerprint density at radius 1 is 1.07 bits per heavy atom. The summed E-state index contributed by atoms with van der Waals surface area (Å²) >= 11 is 1.08. The van der Waals surface area contributed by atoms with Gasteiger partial charge in [0.2, 0.25) is 5.89 Å². The van der Waals surface area contributed by atoms with Gasteiger partial charge in [-0.3, -0.25) is 0 Å². The number of hydrogen-bond acceptors (Lipinski definition) is 5. The second-order valence-electron chi connectivity index (χ2n) is 5.89. The number of fused-ring (bicyclic) bond motifs is 1. The van der Waals surface area contributed by atoms with Gasteiger partial charge in [0.15, 0.2) is 0 Å². The van der Waals surface area contributed by atoms with Crippen LogP contribution in [0.5, 0.6) is 5.75 Å². The number of aromatic nitrogens is 2. The molecule has 1 aliphatic heterocycles. The minimum absolute atomic E-state index is 0.142. The van der Waals surface area contributed by atoms with Crippen LogP contribution in [0.4, 0.5) is 17.6 Å². The number of nitrogens with zero attached hydrogens (tertiary/aromatic N) is 2. The van der Waals surface area contributed by atoms with Gasteiger partial charge >= 0.3 is 6.18 Å². The molecular formula is C18H12F4N2O2S. The molecule has 0 atom stereocenters. The maximum Gasteiger partial charge on any atom is 0.419 e. The van der Waals surface area contributed by atoms with Crippen LogP contribution in [0.25, 0.3) is 11.5 Å². The summed E-state index contributed by atoms with van der Waals surface area (Å²) in [5, 5.41) is 8.11. The Morgan fingerprint density at radius 2 is 1.93 bits per heavy atom. The molecule has 3 aromatic rings. The summed E-state index contributed by atoms with van der Waals surface area (Å²) in [6, 6.07) is 8.47. The molecule has 1 aliphatic rings. The second kappa shape index (κ2) is 6.88. The van der Waals surface area contributed by atoms with Crippen molar-refractivity contribution in [2.45, 2.75) is 23.6 Å². The zero-order chi connectivity index (χ0) is 19.0. The van der Waals surface area contributed by atoms with E-state index >= 15 is 0 Å². The first-order chi connectivity index (χ1) is 12.9. The third-order valence-corrected chi connectivity index (χ3v) is 4.93. The van der Waals surface area contributed by atoms with Gasteiger partial charge in [0.1, 0.15) is 11.6 Å². The molecule has 0 spiro atoms. The summed E-state index contributed by atoms with van der Waals surface area (Å²) < 4.78 is 62.7. The molecule has 2 aromatic carbocycles. The molecule has 0 radical (unpaired) electrons. The minimum atomic E-state index is -4.74. The Bertz CT molecular complexity index is 988. The van der Waals surface area contributed by atoms with Crippen LogP contribution >= 0.6 is 11.8 Å². The largest absolute Gasteiger partial charge is 0.493 e. The van der Waals surface area contributed by atoms with Gasteiger partial charge in [-0.15, -0.1) is 10.2 Å². The second-order valence-corrected chi connectivity index (χ2v) is 6.82. The van der Waals surface area contributed by atoms with Crippen LogP contribution in [0.1, 0.15) is 16.7 Å². The zero-order valence-corrected chi connectivity index (χ0v) is 14.5. The molecule has 0 N–H and O–H groups in total. The molecular weight excluding hydrogens is 384 g/mol. The van der Waals surface area contributed by atoms with Crippen LogP contribution in [0.2, 0.25) is 0 Å². The molecule has 0 unspecified atom stereocenters. The number of benzene rings is 2. The van der Waals surface area contributed by atoms with Gasteiger partial charge < -0.3 is 9.15 Å². The van der Waals surface area contributed by atoms with Crippen LogP contribution in [0.3, 0.4) is 0 Å². The van der Waals surface area contributed by atoms with Crippen LogP contribution in [0.15, 0.2) is 46.0 Å². The highest BCUT2D eigenvalue weighted by molar-refractivity contribution is 7.98. The summed E-state index contributed by atoms with van der Waals surface area (Å²) in [4.78, 5) is 0. The lowest BCUT2D eigenvalue weighted by molar-refractivity contribution is -0.140. The first-order valence-corrected chi connectivity index (χ1v) is 8.97. The van der Waals surface area contributed by atoms with Gasteiger partial charge in [-0.1, -0.05) is 17.8 Å². The zero-order valence-electron chi connectivity index (χ0n) is 13.7. The maximum atomic E-state index is 13.3. The molecule has 4 rings (SSSR count). The van der Waals surface area contributed by atoms with Crippen LogP contribution in [0, 0.1) is 5.82 Å². The van der Waals surface area contributed by atoms with E-state index in [4.69, 9.17) is 9.15 Å². The monoisotopic (exact) mass is 396 g/mol. The molecule has 2 heterocycles. The van der Waals surface area contributed by atoms with E-state index in [-0.39, 0.29) is 11.0 Å². The Morgan fingerprint density at radius 3 is 2.74 bits per heavy atom. The number of halogens is 4. The van der Waals surface area contributed by atoms with E-state index in [0.29, 0.717) is 18.1 Å². The topological polar surface area (TPSA) is 48.2 Å². The van der Waals surface area contributed by atoms with E-state index < -0.39 is 17.6 Å². The number of hydrogen-bond donors (Lipinski definition) is 0. The van der Waals surface area contributed by atoms with Crippen molar-refractivity contribution >= 4 is 11.8 Å². The fourth-order valence-corrected chi connectivity index (χ4v) is 3.43. The van der Waals surface area contributed by atoms with E-state index in [1.165, 1.54) is 6.07 Å². The lowest BCUT2D eigenvalue weighted by Gasteiger charge is -2.09. The fraction of sp³-hybridized carbons (Fsp3) is 0.222. The summed E-state index contributed by atoms with van der Waals surface area (Å²) in [5.41, 5.74) is 0.834. The van der Waals surface area contributed by atoms with Gasteiger partial charge in [0, 0.05) is 17.7 Å². The van der Waals surface area contributed by atoms with Crippen molar-refractivity contribution in [3.63, 3.8) is 0 Å². The Balaban J connectivity index is 1.47. The van der Waals surface area contributed by atoms with Gasteiger partial charge in [-0.25, -0.2) is 4.39 Å².